The van der Waals surface area contributed by atoms with E-state index < -0.39 is 0 Å². The first kappa shape index (κ1) is 9.74. The number of furan rings is 1. The monoisotopic (exact) mass is 194 g/mol. The third-order valence-corrected chi connectivity index (χ3v) is 2.76. The summed E-state index contributed by atoms with van der Waals surface area (Å²) in [4.78, 5) is 0. The first-order valence-electron chi connectivity index (χ1n) is 5.35. The van der Waals surface area contributed by atoms with E-state index in [1.54, 1.807) is 6.26 Å². The lowest BCUT2D eigenvalue weighted by Crippen LogP contribution is -2.28. The predicted octanol–water partition coefficient (Wildman–Crippen LogP) is 1.50. The predicted molar refractivity (Wildman–Crippen MR) is 55.7 cm³/mol. The molecule has 1 saturated carbocycles. The number of hydrogen-bond donors (Lipinski definition) is 2. The lowest BCUT2D eigenvalue weighted by Gasteiger charge is -2.09. The van der Waals surface area contributed by atoms with E-state index in [2.05, 4.69) is 5.32 Å². The molecule has 0 aliphatic heterocycles. The van der Waals surface area contributed by atoms with Crippen molar-refractivity contribution in [3.05, 3.63) is 24.2 Å². The Balaban J connectivity index is 1.54. The van der Waals surface area contributed by atoms with E-state index in [0.29, 0.717) is 6.04 Å². The van der Waals surface area contributed by atoms with Crippen molar-refractivity contribution in [1.29, 1.82) is 0 Å². The molecule has 1 fully saturated rings. The molecule has 2 rings (SSSR count). The van der Waals surface area contributed by atoms with Crippen LogP contribution in [0, 0.1) is 5.92 Å². The van der Waals surface area contributed by atoms with Gasteiger partial charge in [-0.15, -0.1) is 0 Å². The van der Waals surface area contributed by atoms with E-state index >= 15 is 0 Å². The molecule has 0 spiro atoms. The largest absolute Gasteiger partial charge is 0.468 e. The highest BCUT2D eigenvalue weighted by atomic mass is 16.3. The molecule has 3 nitrogen and oxygen atoms in total. The van der Waals surface area contributed by atoms with Crippen LogP contribution < -0.4 is 11.1 Å². The summed E-state index contributed by atoms with van der Waals surface area (Å²) in [6.07, 6.45) is 5.44. The maximum atomic E-state index is 5.97. The van der Waals surface area contributed by atoms with Crippen molar-refractivity contribution in [3.8, 4) is 0 Å². The molecule has 1 atom stereocenters. The number of rotatable bonds is 6. The first-order chi connectivity index (χ1) is 6.86. The summed E-state index contributed by atoms with van der Waals surface area (Å²) in [5.74, 6) is 1.80. The van der Waals surface area contributed by atoms with Gasteiger partial charge in [0.2, 0.25) is 0 Å². The Labute approximate surface area is 84.7 Å². The van der Waals surface area contributed by atoms with Gasteiger partial charge in [0.15, 0.2) is 0 Å². The van der Waals surface area contributed by atoms with Crippen LogP contribution in [0.5, 0.6) is 0 Å². The Bertz CT molecular complexity index is 254. The van der Waals surface area contributed by atoms with Crippen LogP contribution >= 0.6 is 0 Å². The van der Waals surface area contributed by atoms with E-state index in [0.717, 1.165) is 31.2 Å². The molecule has 1 aromatic rings. The Hall–Kier alpha value is -0.800. The molecule has 78 valence electrons. The molecule has 0 bridgehead atoms. The summed E-state index contributed by atoms with van der Waals surface area (Å²) in [6.45, 7) is 1.79. The van der Waals surface area contributed by atoms with E-state index in [1.165, 1.54) is 12.8 Å². The third-order valence-electron chi connectivity index (χ3n) is 2.76. The van der Waals surface area contributed by atoms with Crippen LogP contribution in [0.1, 0.15) is 25.0 Å². The topological polar surface area (TPSA) is 51.2 Å². The number of hydrogen-bond acceptors (Lipinski definition) is 3. The highest BCUT2D eigenvalue weighted by Crippen LogP contribution is 2.32. The third kappa shape index (κ3) is 2.86. The van der Waals surface area contributed by atoms with E-state index in [1.807, 2.05) is 12.1 Å². The molecule has 0 radical (unpaired) electrons. The average molecular weight is 194 g/mol. The zero-order valence-corrected chi connectivity index (χ0v) is 8.41. The van der Waals surface area contributed by atoms with Crippen LogP contribution in [0.15, 0.2) is 22.8 Å². The zero-order valence-electron chi connectivity index (χ0n) is 8.41. The van der Waals surface area contributed by atoms with Gasteiger partial charge in [-0.3, -0.25) is 0 Å². The standard InChI is InChI=1S/C11H18N2O/c12-11(9-3-4-9)5-6-13-8-10-2-1-7-14-10/h1-2,7,9,11,13H,3-6,8,12H2. The summed E-state index contributed by atoms with van der Waals surface area (Å²) >= 11 is 0. The Kier molecular flexibility index (Phi) is 3.22. The minimum absolute atomic E-state index is 0.402. The van der Waals surface area contributed by atoms with Crippen molar-refractivity contribution in [2.24, 2.45) is 11.7 Å². The van der Waals surface area contributed by atoms with Crippen molar-refractivity contribution in [2.45, 2.75) is 31.8 Å². The lowest BCUT2D eigenvalue weighted by molar-refractivity contribution is 0.464. The van der Waals surface area contributed by atoms with Gasteiger partial charge in [0.05, 0.1) is 12.8 Å². The van der Waals surface area contributed by atoms with E-state index in [4.69, 9.17) is 10.2 Å². The molecular weight excluding hydrogens is 176 g/mol. The van der Waals surface area contributed by atoms with Crippen molar-refractivity contribution in [3.63, 3.8) is 0 Å². The molecule has 1 aliphatic carbocycles. The molecule has 1 aromatic heterocycles. The SMILES string of the molecule is NC(CCNCc1ccco1)C1CC1. The molecule has 0 saturated heterocycles. The quantitative estimate of drug-likeness (QED) is 0.675. The van der Waals surface area contributed by atoms with Crippen LogP contribution in [0.25, 0.3) is 0 Å². The van der Waals surface area contributed by atoms with E-state index in [-0.39, 0.29) is 0 Å². The zero-order chi connectivity index (χ0) is 9.80. The van der Waals surface area contributed by atoms with Gasteiger partial charge in [0.1, 0.15) is 5.76 Å². The molecule has 1 unspecified atom stereocenters. The summed E-state index contributed by atoms with van der Waals surface area (Å²) in [5, 5.41) is 3.33. The van der Waals surface area contributed by atoms with Gasteiger partial charge in [-0.25, -0.2) is 0 Å². The maximum Gasteiger partial charge on any atom is 0.117 e. The minimum Gasteiger partial charge on any atom is -0.468 e. The first-order valence-corrected chi connectivity index (χ1v) is 5.35. The second-order valence-corrected chi connectivity index (χ2v) is 4.05. The highest BCUT2D eigenvalue weighted by molar-refractivity contribution is 4.97. The highest BCUT2D eigenvalue weighted by Gasteiger charge is 2.27. The fourth-order valence-electron chi connectivity index (χ4n) is 1.65. The summed E-state index contributed by atoms with van der Waals surface area (Å²) in [7, 11) is 0. The fraction of sp³-hybridized carbons (Fsp3) is 0.636. The average Bonchev–Trinajstić information content (AvgIpc) is 2.92. The van der Waals surface area contributed by atoms with Gasteiger partial charge in [-0.1, -0.05) is 0 Å². The molecule has 3 N–H and O–H groups in total. The van der Waals surface area contributed by atoms with Gasteiger partial charge in [0.25, 0.3) is 0 Å². The summed E-state index contributed by atoms with van der Waals surface area (Å²) < 4.78 is 5.21. The minimum atomic E-state index is 0.402. The Morgan fingerprint density at radius 3 is 3.07 bits per heavy atom. The van der Waals surface area contributed by atoms with Crippen molar-refractivity contribution >= 4 is 0 Å². The summed E-state index contributed by atoms with van der Waals surface area (Å²) in [6, 6.07) is 4.29. The van der Waals surface area contributed by atoms with Gasteiger partial charge >= 0.3 is 0 Å². The van der Waals surface area contributed by atoms with Gasteiger partial charge in [-0.2, -0.15) is 0 Å². The second-order valence-electron chi connectivity index (χ2n) is 4.05. The Morgan fingerprint density at radius 1 is 1.57 bits per heavy atom. The molecule has 0 aromatic carbocycles. The van der Waals surface area contributed by atoms with Crippen molar-refractivity contribution in [2.75, 3.05) is 6.54 Å². The lowest BCUT2D eigenvalue weighted by atomic mass is 10.1. The molecule has 0 amide bonds. The van der Waals surface area contributed by atoms with Gasteiger partial charge < -0.3 is 15.5 Å². The number of nitrogens with two attached hydrogens (primary N) is 1. The molecule has 1 aliphatic rings. The fourth-order valence-corrected chi connectivity index (χ4v) is 1.65. The molecule has 14 heavy (non-hydrogen) atoms. The number of nitrogens with one attached hydrogen (secondary N) is 1. The normalized spacial score (nSPS) is 18.4. The van der Waals surface area contributed by atoms with Crippen molar-refractivity contribution < 1.29 is 4.42 Å². The summed E-state index contributed by atoms with van der Waals surface area (Å²) in [5.41, 5.74) is 5.97. The smallest absolute Gasteiger partial charge is 0.117 e. The molecule has 1 heterocycles. The van der Waals surface area contributed by atoms with Crippen LogP contribution in [-0.2, 0) is 6.54 Å². The van der Waals surface area contributed by atoms with Gasteiger partial charge in [0, 0.05) is 6.04 Å². The Morgan fingerprint density at radius 2 is 2.43 bits per heavy atom. The maximum absolute atomic E-state index is 5.97. The van der Waals surface area contributed by atoms with Crippen LogP contribution in [-0.4, -0.2) is 12.6 Å². The molecular formula is C11H18N2O. The molecule has 3 heteroatoms. The van der Waals surface area contributed by atoms with Crippen LogP contribution in [0.4, 0.5) is 0 Å². The van der Waals surface area contributed by atoms with E-state index in [9.17, 15) is 0 Å². The second kappa shape index (κ2) is 4.62. The van der Waals surface area contributed by atoms with Crippen LogP contribution in [0.2, 0.25) is 0 Å². The van der Waals surface area contributed by atoms with Crippen LogP contribution in [0.3, 0.4) is 0 Å². The van der Waals surface area contributed by atoms with Crippen molar-refractivity contribution in [1.82, 2.24) is 5.32 Å². The van der Waals surface area contributed by atoms with Gasteiger partial charge in [-0.05, 0) is 43.9 Å².